The van der Waals surface area contributed by atoms with Crippen molar-refractivity contribution < 1.29 is 13.3 Å². The number of nitro benzene ring substituents is 1. The van der Waals surface area contributed by atoms with Gasteiger partial charge in [0.1, 0.15) is 5.69 Å². The zero-order chi connectivity index (χ0) is 23.3. The van der Waals surface area contributed by atoms with Crippen LogP contribution in [0.2, 0.25) is 0 Å². The number of benzene rings is 3. The third-order valence-corrected chi connectivity index (χ3v) is 5.90. The number of hydrogen-bond acceptors (Lipinski definition) is 7. The minimum absolute atomic E-state index is 0.0327. The highest BCUT2D eigenvalue weighted by atomic mass is 32.2. The first-order valence-corrected chi connectivity index (χ1v) is 10.9. The summed E-state index contributed by atoms with van der Waals surface area (Å²) in [5.74, 6) is 0. The van der Waals surface area contributed by atoms with Crippen molar-refractivity contribution in [3.8, 4) is 6.07 Å². The summed E-state index contributed by atoms with van der Waals surface area (Å²) < 4.78 is 28.0. The zero-order valence-electron chi connectivity index (χ0n) is 17.2. The van der Waals surface area contributed by atoms with Crippen LogP contribution in [-0.2, 0) is 10.0 Å². The van der Waals surface area contributed by atoms with E-state index in [4.69, 9.17) is 5.26 Å². The number of nitriles is 1. The van der Waals surface area contributed by atoms with Crippen LogP contribution in [0.25, 0.3) is 0 Å². The number of nitro groups is 1. The molecule has 0 fully saturated rings. The molecule has 0 heterocycles. The standard InChI is InChI=1S/C22H19N5O4S/c1-15-3-9-20(16(2)11-15)26-32(30,31)19-8-10-21(22(12-19)27(28)29)25-24-14-18-6-4-17(13-23)5-7-18/h3-12,14,25-26H,1-2H3. The number of hydrogen-bond donors (Lipinski definition) is 2. The van der Waals surface area contributed by atoms with Gasteiger partial charge in [-0.2, -0.15) is 10.4 Å². The van der Waals surface area contributed by atoms with E-state index in [1.165, 1.54) is 18.3 Å². The molecule has 0 aliphatic rings. The van der Waals surface area contributed by atoms with E-state index in [1.54, 1.807) is 43.3 Å². The van der Waals surface area contributed by atoms with Gasteiger partial charge in [-0.05, 0) is 55.3 Å². The van der Waals surface area contributed by atoms with E-state index in [2.05, 4.69) is 15.2 Å². The van der Waals surface area contributed by atoms with Gasteiger partial charge in [0, 0.05) is 6.07 Å². The number of nitrogens with one attached hydrogen (secondary N) is 2. The second-order valence-electron chi connectivity index (χ2n) is 6.96. The van der Waals surface area contributed by atoms with E-state index in [0.29, 0.717) is 16.8 Å². The highest BCUT2D eigenvalue weighted by Gasteiger charge is 2.22. The predicted molar refractivity (Wildman–Crippen MR) is 122 cm³/mol. The SMILES string of the molecule is Cc1ccc(NS(=O)(=O)c2ccc(NN=Cc3ccc(C#N)cc3)c([N+](=O)[O-])c2)c(C)c1. The fourth-order valence-electron chi connectivity index (χ4n) is 2.88. The summed E-state index contributed by atoms with van der Waals surface area (Å²) in [6.45, 7) is 3.66. The van der Waals surface area contributed by atoms with Gasteiger partial charge < -0.3 is 0 Å². The summed E-state index contributed by atoms with van der Waals surface area (Å²) in [5, 5.41) is 24.3. The lowest BCUT2D eigenvalue weighted by Crippen LogP contribution is -2.14. The maximum atomic E-state index is 12.8. The molecule has 0 spiro atoms. The zero-order valence-corrected chi connectivity index (χ0v) is 18.1. The van der Waals surface area contributed by atoms with E-state index in [9.17, 15) is 18.5 Å². The molecule has 0 atom stereocenters. The monoisotopic (exact) mass is 449 g/mol. The van der Waals surface area contributed by atoms with Crippen LogP contribution < -0.4 is 10.1 Å². The number of nitrogens with zero attached hydrogens (tertiary/aromatic N) is 3. The average molecular weight is 449 g/mol. The molecule has 0 aliphatic heterocycles. The third-order valence-electron chi connectivity index (χ3n) is 4.54. The van der Waals surface area contributed by atoms with E-state index < -0.39 is 20.6 Å². The van der Waals surface area contributed by atoms with Gasteiger partial charge in [0.05, 0.1) is 33.4 Å². The van der Waals surface area contributed by atoms with E-state index in [1.807, 2.05) is 19.1 Å². The first-order chi connectivity index (χ1) is 15.2. The Morgan fingerprint density at radius 3 is 2.34 bits per heavy atom. The molecule has 0 aliphatic carbocycles. The number of aryl methyl sites for hydroxylation is 2. The third kappa shape index (κ3) is 5.27. The summed E-state index contributed by atoms with van der Waals surface area (Å²) in [6, 6.07) is 17.4. The van der Waals surface area contributed by atoms with Crippen LogP contribution in [0.1, 0.15) is 22.3 Å². The smallest absolute Gasteiger partial charge is 0.279 e. The van der Waals surface area contributed by atoms with Gasteiger partial charge in [-0.25, -0.2) is 8.42 Å². The molecular weight excluding hydrogens is 430 g/mol. The Morgan fingerprint density at radius 2 is 1.72 bits per heavy atom. The van der Waals surface area contributed by atoms with Crippen molar-refractivity contribution in [2.45, 2.75) is 18.7 Å². The fraction of sp³-hybridized carbons (Fsp3) is 0.0909. The maximum absolute atomic E-state index is 12.8. The topological polar surface area (TPSA) is 137 Å². The Hall–Kier alpha value is -4.23. The van der Waals surface area contributed by atoms with Crippen LogP contribution in [0.5, 0.6) is 0 Å². The van der Waals surface area contributed by atoms with Gasteiger partial charge in [-0.3, -0.25) is 20.3 Å². The lowest BCUT2D eigenvalue weighted by Gasteiger charge is -2.12. The molecule has 9 nitrogen and oxygen atoms in total. The molecule has 32 heavy (non-hydrogen) atoms. The molecular formula is C22H19N5O4S. The van der Waals surface area contributed by atoms with Crippen molar-refractivity contribution in [2.24, 2.45) is 5.10 Å². The molecule has 0 bridgehead atoms. The van der Waals surface area contributed by atoms with Crippen LogP contribution >= 0.6 is 0 Å². The Bertz CT molecular complexity index is 1340. The van der Waals surface area contributed by atoms with Crippen LogP contribution in [0.3, 0.4) is 0 Å². The summed E-state index contributed by atoms with van der Waals surface area (Å²) in [4.78, 5) is 10.6. The Labute approximate surface area is 185 Å². The lowest BCUT2D eigenvalue weighted by atomic mass is 10.1. The minimum Gasteiger partial charge on any atom is -0.279 e. The van der Waals surface area contributed by atoms with Crippen LogP contribution in [0.4, 0.5) is 17.1 Å². The Balaban J connectivity index is 1.84. The van der Waals surface area contributed by atoms with Crippen LogP contribution in [0, 0.1) is 35.3 Å². The second-order valence-corrected chi connectivity index (χ2v) is 8.65. The molecule has 3 aromatic rings. The second kappa shape index (κ2) is 9.28. The lowest BCUT2D eigenvalue weighted by molar-refractivity contribution is -0.384. The van der Waals surface area contributed by atoms with Crippen molar-refractivity contribution in [3.05, 3.63) is 93.0 Å². The van der Waals surface area contributed by atoms with Crippen LogP contribution in [0.15, 0.2) is 70.7 Å². The summed E-state index contributed by atoms with van der Waals surface area (Å²) in [5.41, 5.74) is 5.45. The molecule has 2 N–H and O–H groups in total. The molecule has 3 aromatic carbocycles. The fourth-order valence-corrected chi connectivity index (χ4v) is 4.03. The largest absolute Gasteiger partial charge is 0.295 e. The average Bonchev–Trinajstić information content (AvgIpc) is 2.76. The van der Waals surface area contributed by atoms with Gasteiger partial charge in [0.15, 0.2) is 0 Å². The molecule has 3 rings (SSSR count). The first-order valence-electron chi connectivity index (χ1n) is 9.37. The predicted octanol–water partition coefficient (Wildman–Crippen LogP) is 4.33. The summed E-state index contributed by atoms with van der Waals surface area (Å²) >= 11 is 0. The number of sulfonamides is 1. The van der Waals surface area contributed by atoms with Gasteiger partial charge >= 0.3 is 0 Å². The van der Waals surface area contributed by atoms with E-state index in [0.717, 1.165) is 17.2 Å². The van der Waals surface area contributed by atoms with Crippen molar-refractivity contribution in [1.82, 2.24) is 0 Å². The first kappa shape index (κ1) is 22.5. The van der Waals surface area contributed by atoms with Crippen molar-refractivity contribution >= 4 is 33.3 Å². The normalized spacial score (nSPS) is 11.2. The minimum atomic E-state index is -4.04. The molecule has 0 amide bonds. The molecule has 0 radical (unpaired) electrons. The highest BCUT2D eigenvalue weighted by molar-refractivity contribution is 7.92. The van der Waals surface area contributed by atoms with Crippen molar-refractivity contribution in [2.75, 3.05) is 10.1 Å². The van der Waals surface area contributed by atoms with Gasteiger partial charge in [0.25, 0.3) is 15.7 Å². The molecule has 10 heteroatoms. The number of rotatable bonds is 7. The number of anilines is 2. The van der Waals surface area contributed by atoms with Crippen molar-refractivity contribution in [3.63, 3.8) is 0 Å². The Kier molecular flexibility index (Phi) is 6.51. The summed E-state index contributed by atoms with van der Waals surface area (Å²) in [7, 11) is -4.04. The summed E-state index contributed by atoms with van der Waals surface area (Å²) in [6.07, 6.45) is 1.43. The van der Waals surface area contributed by atoms with E-state index in [-0.39, 0.29) is 10.6 Å². The van der Waals surface area contributed by atoms with E-state index >= 15 is 0 Å². The maximum Gasteiger partial charge on any atom is 0.295 e. The highest BCUT2D eigenvalue weighted by Crippen LogP contribution is 2.29. The Morgan fingerprint density at radius 1 is 1.03 bits per heavy atom. The molecule has 0 saturated carbocycles. The number of hydrazone groups is 1. The molecule has 0 unspecified atom stereocenters. The van der Waals surface area contributed by atoms with Crippen LogP contribution in [-0.4, -0.2) is 19.6 Å². The molecule has 0 aromatic heterocycles. The van der Waals surface area contributed by atoms with Gasteiger partial charge in [-0.15, -0.1) is 0 Å². The molecule has 0 saturated heterocycles. The quantitative estimate of drug-likeness (QED) is 0.313. The molecule has 162 valence electrons. The van der Waals surface area contributed by atoms with Gasteiger partial charge in [-0.1, -0.05) is 29.8 Å². The van der Waals surface area contributed by atoms with Crippen molar-refractivity contribution in [1.29, 1.82) is 5.26 Å². The van der Waals surface area contributed by atoms with Gasteiger partial charge in [0.2, 0.25) is 0 Å².